The minimum absolute atomic E-state index is 0.0610. The van der Waals surface area contributed by atoms with Crippen LogP contribution in [-0.2, 0) is 19.2 Å². The Morgan fingerprint density at radius 1 is 1.08 bits per heavy atom. The molecule has 0 aliphatic heterocycles. The summed E-state index contributed by atoms with van der Waals surface area (Å²) in [5, 5.41) is 37.5. The molecule has 1 aliphatic carbocycles. The van der Waals surface area contributed by atoms with Crippen molar-refractivity contribution in [2.45, 2.75) is 39.5 Å². The van der Waals surface area contributed by atoms with Gasteiger partial charge in [-0.1, -0.05) is 20.3 Å². The van der Waals surface area contributed by atoms with Gasteiger partial charge in [-0.25, -0.2) is 9.59 Å². The first-order valence-corrected chi connectivity index (χ1v) is 7.95. The summed E-state index contributed by atoms with van der Waals surface area (Å²) in [6.45, 7) is 3.77. The van der Waals surface area contributed by atoms with Gasteiger partial charge in [0, 0.05) is 5.57 Å². The van der Waals surface area contributed by atoms with Crippen molar-refractivity contribution in [2.75, 3.05) is 0 Å². The van der Waals surface area contributed by atoms with Crippen LogP contribution in [-0.4, -0.2) is 44.3 Å². The van der Waals surface area contributed by atoms with Gasteiger partial charge in [0.1, 0.15) is 5.92 Å². The summed E-state index contributed by atoms with van der Waals surface area (Å²) < 4.78 is 0. The molecule has 0 bridgehead atoms. The highest BCUT2D eigenvalue weighted by Crippen LogP contribution is 2.34. The fourth-order valence-corrected chi connectivity index (χ4v) is 2.92. The van der Waals surface area contributed by atoms with Crippen LogP contribution in [0.4, 0.5) is 0 Å². The molecule has 0 aromatic rings. The van der Waals surface area contributed by atoms with Gasteiger partial charge < -0.3 is 20.4 Å². The Morgan fingerprint density at radius 3 is 2.08 bits per heavy atom. The summed E-state index contributed by atoms with van der Waals surface area (Å²) in [5.41, 5.74) is -0.417. The van der Waals surface area contributed by atoms with E-state index in [-0.39, 0.29) is 36.3 Å². The quantitative estimate of drug-likeness (QED) is 0.542. The molecular weight excluding hydrogens is 332 g/mol. The van der Waals surface area contributed by atoms with E-state index in [1.807, 2.05) is 13.8 Å². The first kappa shape index (κ1) is 20.4. The Labute approximate surface area is 144 Å². The van der Waals surface area contributed by atoms with Crippen molar-refractivity contribution in [3.63, 3.8) is 0 Å². The Balaban J connectivity index is 3.61. The average molecular weight is 354 g/mol. The predicted octanol–water partition coefficient (Wildman–Crippen LogP) is 2.01. The molecule has 0 radical (unpaired) electrons. The van der Waals surface area contributed by atoms with Gasteiger partial charge in [-0.05, 0) is 36.8 Å². The van der Waals surface area contributed by atoms with Gasteiger partial charge in [0.05, 0.1) is 11.5 Å². The third-order valence-corrected chi connectivity index (χ3v) is 4.51. The van der Waals surface area contributed by atoms with Crippen LogP contribution in [0.5, 0.6) is 0 Å². The third-order valence-electron chi connectivity index (χ3n) is 4.51. The molecule has 25 heavy (non-hydrogen) atoms. The molecule has 0 aromatic heterocycles. The van der Waals surface area contributed by atoms with Gasteiger partial charge in [-0.3, -0.25) is 9.59 Å². The minimum Gasteiger partial charge on any atom is -0.481 e. The van der Waals surface area contributed by atoms with Crippen LogP contribution in [0.2, 0.25) is 0 Å². The molecule has 0 saturated heterocycles. The topological polar surface area (TPSA) is 149 Å². The zero-order valence-electron chi connectivity index (χ0n) is 14.1. The highest BCUT2D eigenvalue weighted by molar-refractivity contribution is 5.98. The molecule has 8 nitrogen and oxygen atoms in total. The van der Waals surface area contributed by atoms with Crippen LogP contribution in [0.1, 0.15) is 39.5 Å². The van der Waals surface area contributed by atoms with E-state index in [0.717, 1.165) is 12.5 Å². The molecule has 0 aromatic carbocycles. The van der Waals surface area contributed by atoms with Crippen molar-refractivity contribution in [1.82, 2.24) is 0 Å². The number of carbonyl (C=O) groups is 4. The van der Waals surface area contributed by atoms with E-state index >= 15 is 0 Å². The van der Waals surface area contributed by atoms with Crippen molar-refractivity contribution in [3.05, 3.63) is 22.8 Å². The standard InChI is InChI=1S/C17H22O8/c1-3-8(2)6-9-7-12(16(22)23)13(17(24)25)11(15(20)21)5-4-10(9)14(18)19/h7-8,11,13H,3-6H2,1-2H3,(H,18,19)(H,20,21)(H,22,23)(H,24,25)/b10-9+,12-7+. The molecule has 4 N–H and O–H groups in total. The maximum atomic E-state index is 11.6. The Morgan fingerprint density at radius 2 is 1.68 bits per heavy atom. The molecule has 0 fully saturated rings. The Kier molecular flexibility index (Phi) is 6.90. The zero-order valence-corrected chi connectivity index (χ0v) is 14.1. The number of rotatable bonds is 7. The van der Waals surface area contributed by atoms with E-state index in [4.69, 9.17) is 0 Å². The monoisotopic (exact) mass is 354 g/mol. The van der Waals surface area contributed by atoms with Crippen LogP contribution >= 0.6 is 0 Å². The summed E-state index contributed by atoms with van der Waals surface area (Å²) in [4.78, 5) is 46.1. The van der Waals surface area contributed by atoms with Gasteiger partial charge in [0.15, 0.2) is 0 Å². The van der Waals surface area contributed by atoms with Gasteiger partial charge in [-0.15, -0.1) is 0 Å². The van der Waals surface area contributed by atoms with Crippen LogP contribution in [0.15, 0.2) is 22.8 Å². The van der Waals surface area contributed by atoms with Crippen molar-refractivity contribution < 1.29 is 39.6 Å². The molecule has 1 aliphatic rings. The second kappa shape index (κ2) is 8.46. The molecule has 3 atom stereocenters. The number of aliphatic carboxylic acids is 4. The van der Waals surface area contributed by atoms with E-state index in [2.05, 4.69) is 0 Å². The summed E-state index contributed by atoms with van der Waals surface area (Å²) in [7, 11) is 0. The lowest BCUT2D eigenvalue weighted by atomic mass is 9.77. The summed E-state index contributed by atoms with van der Waals surface area (Å²) in [6.07, 6.45) is 1.66. The van der Waals surface area contributed by atoms with Crippen LogP contribution < -0.4 is 0 Å². The van der Waals surface area contributed by atoms with Crippen LogP contribution in [0.3, 0.4) is 0 Å². The van der Waals surface area contributed by atoms with Gasteiger partial charge in [0.2, 0.25) is 0 Å². The van der Waals surface area contributed by atoms with Crippen molar-refractivity contribution in [3.8, 4) is 0 Å². The van der Waals surface area contributed by atoms with Crippen LogP contribution in [0.25, 0.3) is 0 Å². The fraction of sp³-hybridized carbons (Fsp3) is 0.529. The van der Waals surface area contributed by atoms with Gasteiger partial charge in [-0.2, -0.15) is 0 Å². The molecule has 1 rings (SSSR count). The Hall–Kier alpha value is -2.64. The highest BCUT2D eigenvalue weighted by atomic mass is 16.4. The third kappa shape index (κ3) is 4.91. The molecule has 0 amide bonds. The molecule has 138 valence electrons. The minimum atomic E-state index is -1.74. The average Bonchev–Trinajstić information content (AvgIpc) is 2.47. The second-order valence-electron chi connectivity index (χ2n) is 6.23. The zero-order chi connectivity index (χ0) is 19.3. The SMILES string of the molecule is CCC(C)CC1=C(\C(=O)O)CCC(C(=O)O)C(C(=O)O)/C(C(=O)O)=C\1. The summed E-state index contributed by atoms with van der Waals surface area (Å²) in [5.74, 6) is -9.02. The number of carboxylic acid groups (broad SMARTS) is 4. The van der Waals surface area contributed by atoms with E-state index in [0.29, 0.717) is 0 Å². The van der Waals surface area contributed by atoms with E-state index in [9.17, 15) is 39.6 Å². The number of hydrogen-bond acceptors (Lipinski definition) is 4. The molecule has 0 saturated carbocycles. The van der Waals surface area contributed by atoms with Gasteiger partial charge in [0.25, 0.3) is 0 Å². The lowest BCUT2D eigenvalue weighted by Crippen LogP contribution is -2.35. The Bertz CT molecular complexity index is 643. The number of carboxylic acids is 4. The van der Waals surface area contributed by atoms with E-state index in [1.54, 1.807) is 0 Å². The largest absolute Gasteiger partial charge is 0.481 e. The molecule has 8 heteroatoms. The molecule has 0 spiro atoms. The van der Waals surface area contributed by atoms with Crippen molar-refractivity contribution in [1.29, 1.82) is 0 Å². The van der Waals surface area contributed by atoms with Gasteiger partial charge >= 0.3 is 23.9 Å². The van der Waals surface area contributed by atoms with E-state index < -0.39 is 41.3 Å². The molecular formula is C17H22O8. The molecule has 0 heterocycles. The first-order valence-electron chi connectivity index (χ1n) is 7.95. The highest BCUT2D eigenvalue weighted by Gasteiger charge is 2.41. The smallest absolute Gasteiger partial charge is 0.332 e. The molecule has 3 unspecified atom stereocenters. The normalized spacial score (nSPS) is 27.4. The maximum Gasteiger partial charge on any atom is 0.332 e. The fourth-order valence-electron chi connectivity index (χ4n) is 2.92. The number of hydrogen-bond donors (Lipinski definition) is 4. The van der Waals surface area contributed by atoms with Crippen molar-refractivity contribution in [2.24, 2.45) is 17.8 Å². The lowest BCUT2D eigenvalue weighted by molar-refractivity contribution is -0.154. The first-order chi connectivity index (χ1) is 11.6. The maximum absolute atomic E-state index is 11.6. The number of allylic oxidation sites excluding steroid dienone is 2. The second-order valence-corrected chi connectivity index (χ2v) is 6.23. The van der Waals surface area contributed by atoms with Crippen molar-refractivity contribution >= 4 is 23.9 Å². The van der Waals surface area contributed by atoms with Crippen LogP contribution in [0, 0.1) is 17.8 Å². The lowest BCUT2D eigenvalue weighted by Gasteiger charge is -2.25. The summed E-state index contributed by atoms with van der Waals surface area (Å²) in [6, 6.07) is 0. The predicted molar refractivity (Wildman–Crippen MR) is 85.9 cm³/mol. The van der Waals surface area contributed by atoms with E-state index in [1.165, 1.54) is 0 Å². The summed E-state index contributed by atoms with van der Waals surface area (Å²) >= 11 is 0.